The Labute approximate surface area is 132 Å². The van der Waals surface area contributed by atoms with E-state index in [0.717, 1.165) is 12.3 Å². The Morgan fingerprint density at radius 2 is 1.95 bits per heavy atom. The van der Waals surface area contributed by atoms with E-state index < -0.39 is 0 Å². The number of esters is 1. The number of thioether (sulfide) groups is 1. The molecule has 0 saturated carbocycles. The fourth-order valence-electron chi connectivity index (χ4n) is 2.36. The molecular formula is C17H27NO2S. The number of carbonyl (C=O) groups excluding carboxylic acids is 1. The molecule has 0 aliphatic rings. The summed E-state index contributed by atoms with van der Waals surface area (Å²) in [6.07, 6.45) is 0.470. The second kappa shape index (κ2) is 9.85. The highest BCUT2D eigenvalue weighted by Crippen LogP contribution is 2.32. The fraction of sp³-hybridized carbons (Fsp3) is 0.588. The summed E-state index contributed by atoms with van der Waals surface area (Å²) in [5, 5.41) is 4.02. The van der Waals surface area contributed by atoms with Crippen LogP contribution in [0.3, 0.4) is 0 Å². The van der Waals surface area contributed by atoms with E-state index in [1.807, 2.05) is 17.8 Å². The summed E-state index contributed by atoms with van der Waals surface area (Å²) in [7, 11) is 1.44. The summed E-state index contributed by atoms with van der Waals surface area (Å²) in [4.78, 5) is 11.3. The van der Waals surface area contributed by atoms with Gasteiger partial charge in [-0.15, -0.1) is 0 Å². The Kier molecular flexibility index (Phi) is 8.47. The summed E-state index contributed by atoms with van der Waals surface area (Å²) >= 11 is 1.85. The molecule has 1 aromatic carbocycles. The quantitative estimate of drug-likeness (QED) is 0.707. The minimum absolute atomic E-state index is 0.135. The highest BCUT2D eigenvalue weighted by molar-refractivity contribution is 7.99. The van der Waals surface area contributed by atoms with Gasteiger partial charge in [0.05, 0.1) is 13.5 Å². The molecule has 0 amide bonds. The number of ether oxygens (including phenoxy) is 1. The summed E-state index contributed by atoms with van der Waals surface area (Å²) in [5.74, 6) is 1.19. The Hall–Kier alpha value is -1.00. The molecule has 0 radical (unpaired) electrons. The molecule has 0 fully saturated rings. The third kappa shape index (κ3) is 6.10. The van der Waals surface area contributed by atoms with Gasteiger partial charge in [-0.1, -0.05) is 51.1 Å². The van der Waals surface area contributed by atoms with Crippen molar-refractivity contribution in [3.63, 3.8) is 0 Å². The molecule has 1 rings (SSSR count). The molecular weight excluding hydrogens is 282 g/mol. The number of nitrogens with one attached hydrogen (secondary N) is 1. The largest absolute Gasteiger partial charge is 0.469 e. The average Bonchev–Trinajstić information content (AvgIpc) is 2.50. The van der Waals surface area contributed by atoms with Gasteiger partial charge >= 0.3 is 5.97 Å². The second-order valence-corrected chi connectivity index (χ2v) is 6.64. The van der Waals surface area contributed by atoms with Crippen LogP contribution in [0, 0.1) is 5.92 Å². The van der Waals surface area contributed by atoms with Crippen LogP contribution in [0.25, 0.3) is 0 Å². The molecule has 2 atom stereocenters. The molecule has 0 aliphatic carbocycles. The molecule has 0 bridgehead atoms. The molecule has 0 spiro atoms. The van der Waals surface area contributed by atoms with Crippen molar-refractivity contribution in [1.29, 1.82) is 0 Å². The van der Waals surface area contributed by atoms with Gasteiger partial charge in [-0.25, -0.2) is 0 Å². The van der Waals surface area contributed by atoms with E-state index in [1.165, 1.54) is 12.7 Å². The van der Waals surface area contributed by atoms with Crippen molar-refractivity contribution in [3.05, 3.63) is 35.9 Å². The Bertz CT molecular complexity index is 409. The maximum absolute atomic E-state index is 11.3. The molecule has 0 heterocycles. The van der Waals surface area contributed by atoms with Gasteiger partial charge in [0, 0.05) is 17.0 Å². The molecule has 4 heteroatoms. The molecule has 118 valence electrons. The third-order valence-corrected chi connectivity index (χ3v) is 5.05. The Morgan fingerprint density at radius 1 is 1.29 bits per heavy atom. The van der Waals surface area contributed by atoms with E-state index in [-0.39, 0.29) is 5.97 Å². The lowest BCUT2D eigenvalue weighted by molar-refractivity contribution is -0.140. The van der Waals surface area contributed by atoms with E-state index in [1.54, 1.807) is 0 Å². The van der Waals surface area contributed by atoms with Crippen LogP contribution >= 0.6 is 11.8 Å². The van der Waals surface area contributed by atoms with Crippen LogP contribution in [0.2, 0.25) is 0 Å². The minimum atomic E-state index is -0.135. The van der Waals surface area contributed by atoms with Gasteiger partial charge in [-0.3, -0.25) is 4.79 Å². The molecule has 3 nitrogen and oxygen atoms in total. The summed E-state index contributed by atoms with van der Waals surface area (Å²) < 4.78 is 4.72. The summed E-state index contributed by atoms with van der Waals surface area (Å²) in [5.41, 5.74) is 1.31. The third-order valence-electron chi connectivity index (χ3n) is 3.41. The van der Waals surface area contributed by atoms with E-state index in [4.69, 9.17) is 4.74 Å². The van der Waals surface area contributed by atoms with E-state index in [0.29, 0.717) is 23.6 Å². The van der Waals surface area contributed by atoms with Crippen LogP contribution in [-0.4, -0.2) is 30.6 Å². The van der Waals surface area contributed by atoms with Gasteiger partial charge in [0.25, 0.3) is 0 Å². The first kappa shape index (κ1) is 18.1. The number of hydrogen-bond acceptors (Lipinski definition) is 4. The van der Waals surface area contributed by atoms with Gasteiger partial charge in [0.1, 0.15) is 0 Å². The SMILES string of the molecule is CCNC(c1ccccc1)C(SCCC(=O)OC)C(C)C. The zero-order valence-corrected chi connectivity index (χ0v) is 14.3. The highest BCUT2D eigenvalue weighted by atomic mass is 32.2. The Balaban J connectivity index is 2.76. The van der Waals surface area contributed by atoms with E-state index in [9.17, 15) is 4.79 Å². The smallest absolute Gasteiger partial charge is 0.306 e. The van der Waals surface area contributed by atoms with Crippen LogP contribution in [0.1, 0.15) is 38.8 Å². The van der Waals surface area contributed by atoms with Crippen molar-refractivity contribution in [2.45, 2.75) is 38.5 Å². The first-order valence-electron chi connectivity index (χ1n) is 7.56. The van der Waals surface area contributed by atoms with Crippen molar-refractivity contribution < 1.29 is 9.53 Å². The van der Waals surface area contributed by atoms with Crippen molar-refractivity contribution in [1.82, 2.24) is 5.32 Å². The predicted molar refractivity (Wildman–Crippen MR) is 90.6 cm³/mol. The zero-order chi connectivity index (χ0) is 15.7. The van der Waals surface area contributed by atoms with Gasteiger partial charge in [0.15, 0.2) is 0 Å². The molecule has 0 saturated heterocycles. The summed E-state index contributed by atoms with van der Waals surface area (Å²) in [6, 6.07) is 10.8. The van der Waals surface area contributed by atoms with Crippen LogP contribution in [0.5, 0.6) is 0 Å². The van der Waals surface area contributed by atoms with Crippen LogP contribution in [0.15, 0.2) is 30.3 Å². The topological polar surface area (TPSA) is 38.3 Å². The van der Waals surface area contributed by atoms with Crippen molar-refractivity contribution in [3.8, 4) is 0 Å². The molecule has 0 aromatic heterocycles. The molecule has 1 aromatic rings. The van der Waals surface area contributed by atoms with Gasteiger partial charge in [-0.2, -0.15) is 11.8 Å². The van der Waals surface area contributed by atoms with Crippen molar-refractivity contribution >= 4 is 17.7 Å². The number of benzene rings is 1. The standard InChI is InChI=1S/C17H27NO2S/c1-5-18-16(14-9-7-6-8-10-14)17(13(2)3)21-12-11-15(19)20-4/h6-10,13,16-18H,5,11-12H2,1-4H3. The van der Waals surface area contributed by atoms with Gasteiger partial charge in [-0.05, 0) is 18.0 Å². The summed E-state index contributed by atoms with van der Waals surface area (Å²) in [6.45, 7) is 7.54. The first-order chi connectivity index (χ1) is 10.1. The maximum atomic E-state index is 11.3. The van der Waals surface area contributed by atoms with Crippen molar-refractivity contribution in [2.75, 3.05) is 19.4 Å². The lowest BCUT2D eigenvalue weighted by atomic mass is 9.96. The number of methoxy groups -OCH3 is 1. The number of rotatable bonds is 9. The molecule has 1 N–H and O–H groups in total. The average molecular weight is 309 g/mol. The normalized spacial score (nSPS) is 14.0. The number of hydrogen-bond donors (Lipinski definition) is 1. The lowest BCUT2D eigenvalue weighted by Gasteiger charge is -2.31. The molecule has 21 heavy (non-hydrogen) atoms. The molecule has 0 aliphatic heterocycles. The van der Waals surface area contributed by atoms with Crippen LogP contribution in [0.4, 0.5) is 0 Å². The predicted octanol–water partition coefficient (Wildman–Crippen LogP) is 3.66. The second-order valence-electron chi connectivity index (χ2n) is 5.35. The maximum Gasteiger partial charge on any atom is 0.306 e. The van der Waals surface area contributed by atoms with E-state index in [2.05, 4.69) is 50.4 Å². The molecule has 2 unspecified atom stereocenters. The van der Waals surface area contributed by atoms with Crippen LogP contribution < -0.4 is 5.32 Å². The van der Waals surface area contributed by atoms with E-state index >= 15 is 0 Å². The monoisotopic (exact) mass is 309 g/mol. The van der Waals surface area contributed by atoms with Gasteiger partial charge in [0.2, 0.25) is 0 Å². The lowest BCUT2D eigenvalue weighted by Crippen LogP contribution is -2.33. The minimum Gasteiger partial charge on any atom is -0.469 e. The number of carbonyl (C=O) groups is 1. The van der Waals surface area contributed by atoms with Gasteiger partial charge < -0.3 is 10.1 Å². The Morgan fingerprint density at radius 3 is 2.48 bits per heavy atom. The van der Waals surface area contributed by atoms with Crippen LogP contribution in [-0.2, 0) is 9.53 Å². The van der Waals surface area contributed by atoms with Crippen molar-refractivity contribution in [2.24, 2.45) is 5.92 Å². The zero-order valence-electron chi connectivity index (χ0n) is 13.5. The highest BCUT2D eigenvalue weighted by Gasteiger charge is 2.25. The first-order valence-corrected chi connectivity index (χ1v) is 8.61. The fourth-order valence-corrected chi connectivity index (χ4v) is 3.75.